The number of carbonyl (C=O) groups excluding carboxylic acids is 6. The molecule has 0 spiro atoms. The van der Waals surface area contributed by atoms with Crippen molar-refractivity contribution >= 4 is 37.8 Å². The van der Waals surface area contributed by atoms with Gasteiger partial charge in [0.05, 0.1) is 24.0 Å². The fourth-order valence-electron chi connectivity index (χ4n) is 2.34. The van der Waals surface area contributed by atoms with Crippen LogP contribution in [0.2, 0.25) is 0 Å². The zero-order valence-corrected chi connectivity index (χ0v) is 17.3. The van der Waals surface area contributed by atoms with Crippen molar-refractivity contribution in [3.05, 3.63) is 0 Å². The summed E-state index contributed by atoms with van der Waals surface area (Å²) in [5, 5.41) is 0. The lowest BCUT2D eigenvalue weighted by atomic mass is 9.90. The van der Waals surface area contributed by atoms with Crippen LogP contribution in [0.3, 0.4) is 0 Å². The van der Waals surface area contributed by atoms with E-state index in [0.29, 0.717) is 0 Å². The summed E-state index contributed by atoms with van der Waals surface area (Å²) in [4.78, 5) is 65.1. The van der Waals surface area contributed by atoms with Gasteiger partial charge in [-0.25, -0.2) is 0 Å². The molecular formula is C18H26O13. The zero-order valence-electron chi connectivity index (χ0n) is 17.3. The molecule has 0 aromatic heterocycles. The van der Waals surface area contributed by atoms with Crippen LogP contribution in [0.15, 0.2) is 0 Å². The third-order valence-corrected chi connectivity index (χ3v) is 3.81. The van der Waals surface area contributed by atoms with E-state index in [-0.39, 0.29) is 78.7 Å². The fourth-order valence-corrected chi connectivity index (χ4v) is 2.34. The molecule has 0 unspecified atom stereocenters. The molecule has 0 aliphatic rings. The van der Waals surface area contributed by atoms with Crippen LogP contribution in [-0.4, -0.2) is 90.7 Å². The third-order valence-electron chi connectivity index (χ3n) is 3.81. The maximum atomic E-state index is 11.2. The minimum atomic E-state index is -1.27. The van der Waals surface area contributed by atoms with Crippen LogP contribution in [0.4, 0.5) is 0 Å². The molecule has 0 aromatic carbocycles. The third kappa shape index (κ3) is 12.2. The van der Waals surface area contributed by atoms with Crippen LogP contribution in [0, 0.1) is 10.8 Å². The Labute approximate surface area is 178 Å². The van der Waals surface area contributed by atoms with Gasteiger partial charge in [0.15, 0.2) is 0 Å². The van der Waals surface area contributed by atoms with E-state index >= 15 is 0 Å². The molecule has 0 aliphatic carbocycles. The maximum Gasteiger partial charge on any atom is 0.302 e. The second-order valence-electron chi connectivity index (χ2n) is 6.68. The van der Waals surface area contributed by atoms with Crippen LogP contribution in [-0.2, 0) is 61.9 Å². The van der Waals surface area contributed by atoms with Crippen LogP contribution < -0.4 is 0 Å². The van der Waals surface area contributed by atoms with Crippen molar-refractivity contribution in [1.29, 1.82) is 0 Å². The highest BCUT2D eigenvalue weighted by Gasteiger charge is 2.39. The Morgan fingerprint density at radius 3 is 1.06 bits per heavy atom. The topological polar surface area (TPSA) is 167 Å². The molecule has 0 aromatic rings. The predicted molar refractivity (Wildman–Crippen MR) is 97.0 cm³/mol. The average Bonchev–Trinajstić information content (AvgIpc) is 2.75. The first-order valence-electron chi connectivity index (χ1n) is 8.84. The molecule has 0 radical (unpaired) electrons. The van der Waals surface area contributed by atoms with Gasteiger partial charge in [0, 0.05) is 13.8 Å². The fraction of sp³-hybridized carbons (Fsp3) is 0.667. The van der Waals surface area contributed by atoms with Gasteiger partial charge < -0.3 is 33.2 Å². The molecule has 0 fully saturated rings. The molecule has 176 valence electrons. The Kier molecular flexibility index (Phi) is 14.0. The molecule has 13 heteroatoms. The highest BCUT2D eigenvalue weighted by molar-refractivity contribution is 5.66. The standard InChI is InChI=1S/C18H26O13/c1-15(23)30-9-17(5-26-11-19,6-27-12-20)3-25-4-18(7-28-13-21,8-29-14-22)10-31-16(2)24/h11-14H,3-10H2,1-2H3. The van der Waals surface area contributed by atoms with Gasteiger partial charge in [-0.2, -0.15) is 0 Å². The molecule has 13 nitrogen and oxygen atoms in total. The molecule has 0 heterocycles. The number of hydrogen-bond donors (Lipinski definition) is 0. The first-order valence-corrected chi connectivity index (χ1v) is 8.84. The number of carbonyl (C=O) groups is 6. The quantitative estimate of drug-likeness (QED) is 0.123. The summed E-state index contributed by atoms with van der Waals surface area (Å²) >= 11 is 0. The van der Waals surface area contributed by atoms with Crippen molar-refractivity contribution in [2.75, 3.05) is 52.9 Å². The monoisotopic (exact) mass is 450 g/mol. The predicted octanol–water partition coefficient (Wildman–Crippen LogP) is -1.21. The lowest BCUT2D eigenvalue weighted by Gasteiger charge is -2.34. The van der Waals surface area contributed by atoms with Gasteiger partial charge in [0.2, 0.25) is 0 Å². The summed E-state index contributed by atoms with van der Waals surface area (Å²) < 4.78 is 34.6. The van der Waals surface area contributed by atoms with Crippen LogP contribution in [0.5, 0.6) is 0 Å². The smallest absolute Gasteiger partial charge is 0.302 e. The zero-order chi connectivity index (χ0) is 23.6. The summed E-state index contributed by atoms with van der Waals surface area (Å²) in [6, 6.07) is 0. The van der Waals surface area contributed by atoms with Gasteiger partial charge in [-0.15, -0.1) is 0 Å². The number of ether oxygens (including phenoxy) is 7. The minimum absolute atomic E-state index is 0.157. The highest BCUT2D eigenvalue weighted by Crippen LogP contribution is 2.25. The van der Waals surface area contributed by atoms with E-state index in [0.717, 1.165) is 13.8 Å². The van der Waals surface area contributed by atoms with Crippen molar-refractivity contribution in [3.63, 3.8) is 0 Å². The summed E-state index contributed by atoms with van der Waals surface area (Å²) in [5.41, 5.74) is -2.53. The van der Waals surface area contributed by atoms with Gasteiger partial charge in [-0.3, -0.25) is 28.8 Å². The van der Waals surface area contributed by atoms with Crippen molar-refractivity contribution < 1.29 is 61.9 Å². The number of esters is 2. The summed E-state index contributed by atoms with van der Waals surface area (Å²) in [7, 11) is 0. The SMILES string of the molecule is CC(=O)OCC(COC=O)(COC=O)COCC(COC=O)(COC=O)COC(C)=O. The van der Waals surface area contributed by atoms with Gasteiger partial charge in [-0.1, -0.05) is 0 Å². The highest BCUT2D eigenvalue weighted by atomic mass is 16.6. The van der Waals surface area contributed by atoms with Gasteiger partial charge in [-0.05, 0) is 0 Å². The lowest BCUT2D eigenvalue weighted by molar-refractivity contribution is -0.165. The van der Waals surface area contributed by atoms with Gasteiger partial charge in [0.1, 0.15) is 39.6 Å². The molecule has 31 heavy (non-hydrogen) atoms. The van der Waals surface area contributed by atoms with Crippen molar-refractivity contribution in [1.82, 2.24) is 0 Å². The molecule has 0 bridgehead atoms. The summed E-state index contributed by atoms with van der Waals surface area (Å²) in [6.07, 6.45) is 0. The second kappa shape index (κ2) is 15.6. The van der Waals surface area contributed by atoms with E-state index in [1.54, 1.807) is 0 Å². The molecular weight excluding hydrogens is 424 g/mol. The van der Waals surface area contributed by atoms with E-state index < -0.39 is 22.8 Å². The van der Waals surface area contributed by atoms with E-state index in [9.17, 15) is 28.8 Å². The minimum Gasteiger partial charge on any atom is -0.467 e. The first-order chi connectivity index (χ1) is 14.8. The van der Waals surface area contributed by atoms with E-state index in [1.807, 2.05) is 0 Å². The van der Waals surface area contributed by atoms with Crippen molar-refractivity contribution in [2.24, 2.45) is 10.8 Å². The van der Waals surface area contributed by atoms with E-state index in [1.165, 1.54) is 0 Å². The molecule has 0 aliphatic heterocycles. The summed E-state index contributed by atoms with van der Waals surface area (Å²) in [5.74, 6) is -1.27. The average molecular weight is 450 g/mol. The molecule has 0 saturated heterocycles. The first kappa shape index (κ1) is 27.8. The molecule has 0 N–H and O–H groups in total. The Morgan fingerprint density at radius 2 is 0.839 bits per heavy atom. The Balaban J connectivity index is 5.51. The van der Waals surface area contributed by atoms with Crippen molar-refractivity contribution in [2.45, 2.75) is 13.8 Å². The number of hydrogen-bond acceptors (Lipinski definition) is 13. The van der Waals surface area contributed by atoms with Gasteiger partial charge in [0.25, 0.3) is 25.9 Å². The van der Waals surface area contributed by atoms with Crippen LogP contribution in [0.1, 0.15) is 13.8 Å². The van der Waals surface area contributed by atoms with Crippen molar-refractivity contribution in [3.8, 4) is 0 Å². The number of rotatable bonds is 20. The summed E-state index contributed by atoms with van der Waals surface area (Å²) in [6.45, 7) is 0.437. The normalized spacial score (nSPS) is 10.9. The molecule has 0 saturated carbocycles. The van der Waals surface area contributed by atoms with Crippen LogP contribution in [0.25, 0.3) is 0 Å². The molecule has 0 amide bonds. The van der Waals surface area contributed by atoms with Crippen LogP contribution >= 0.6 is 0 Å². The molecule has 0 rings (SSSR count). The van der Waals surface area contributed by atoms with E-state index in [2.05, 4.69) is 0 Å². The van der Waals surface area contributed by atoms with E-state index in [4.69, 9.17) is 33.2 Å². The lowest BCUT2D eigenvalue weighted by Crippen LogP contribution is -2.46. The maximum absolute atomic E-state index is 11.2. The largest absolute Gasteiger partial charge is 0.467 e. The van der Waals surface area contributed by atoms with Gasteiger partial charge >= 0.3 is 11.9 Å². The Morgan fingerprint density at radius 1 is 0.548 bits per heavy atom. The Hall–Kier alpha value is -3.22. The Bertz CT molecular complexity index is 515. The second-order valence-corrected chi connectivity index (χ2v) is 6.68. The molecule has 0 atom stereocenters.